The van der Waals surface area contributed by atoms with Gasteiger partial charge in [0.25, 0.3) is 0 Å². The molecule has 0 spiro atoms. The van der Waals surface area contributed by atoms with Gasteiger partial charge in [-0.05, 0) is 24.0 Å². The van der Waals surface area contributed by atoms with Crippen molar-refractivity contribution in [1.29, 1.82) is 0 Å². The first-order chi connectivity index (χ1) is 7.31. The van der Waals surface area contributed by atoms with Crippen LogP contribution in [0, 0.1) is 0 Å². The van der Waals surface area contributed by atoms with Gasteiger partial charge in [-0.25, -0.2) is 9.59 Å². The molecule has 15 heavy (non-hydrogen) atoms. The van der Waals surface area contributed by atoms with Gasteiger partial charge in [0, 0.05) is 4.90 Å². The van der Waals surface area contributed by atoms with Crippen molar-refractivity contribution in [1.82, 2.24) is 0 Å². The van der Waals surface area contributed by atoms with Gasteiger partial charge in [-0.15, -0.1) is 11.8 Å². The molecule has 0 saturated carbocycles. The Morgan fingerprint density at radius 2 is 2.00 bits per heavy atom. The molecule has 1 rings (SSSR count). The topological polar surface area (TPSA) is 58.9 Å². The van der Waals surface area contributed by atoms with Crippen molar-refractivity contribution in [2.75, 3.05) is 5.75 Å². The van der Waals surface area contributed by atoms with E-state index in [-0.39, 0.29) is 0 Å². The summed E-state index contributed by atoms with van der Waals surface area (Å²) in [7, 11) is 0. The number of aliphatic imine (C=N–C) groups is 2. The van der Waals surface area contributed by atoms with Crippen LogP contribution in [0.2, 0.25) is 0 Å². The maximum Gasteiger partial charge on any atom is 0.240 e. The zero-order valence-electron chi connectivity index (χ0n) is 8.06. The third kappa shape index (κ3) is 3.18. The lowest BCUT2D eigenvalue weighted by Gasteiger charge is -2.02. The molecular formula is C10H8N2O2S. The van der Waals surface area contributed by atoms with E-state index in [1.165, 1.54) is 23.9 Å². The minimum Gasteiger partial charge on any atom is -0.211 e. The Balaban J connectivity index is 3.18. The molecule has 0 amide bonds. The Morgan fingerprint density at radius 3 is 2.60 bits per heavy atom. The predicted molar refractivity (Wildman–Crippen MR) is 58.4 cm³/mol. The summed E-state index contributed by atoms with van der Waals surface area (Å²) in [6, 6.07) is 4.91. The van der Waals surface area contributed by atoms with E-state index < -0.39 is 0 Å². The average molecular weight is 220 g/mol. The fourth-order valence-corrected chi connectivity index (χ4v) is 1.81. The molecule has 0 aliphatic rings. The molecule has 0 unspecified atom stereocenters. The Kier molecular flexibility index (Phi) is 4.51. The van der Waals surface area contributed by atoms with Gasteiger partial charge in [0.05, 0.1) is 11.4 Å². The van der Waals surface area contributed by atoms with Crippen molar-refractivity contribution in [3.05, 3.63) is 18.2 Å². The molecule has 1 aromatic rings. The SMILES string of the molecule is CCSc1cc(N=C=O)ccc1N=C=O. The second kappa shape index (κ2) is 5.94. The fraction of sp³-hybridized carbons (Fsp3) is 0.200. The number of benzene rings is 1. The van der Waals surface area contributed by atoms with Crippen LogP contribution in [0.15, 0.2) is 33.1 Å². The largest absolute Gasteiger partial charge is 0.240 e. The van der Waals surface area contributed by atoms with E-state index in [2.05, 4.69) is 9.98 Å². The van der Waals surface area contributed by atoms with E-state index in [1.807, 2.05) is 6.92 Å². The highest BCUT2D eigenvalue weighted by Gasteiger charge is 2.02. The van der Waals surface area contributed by atoms with Crippen LogP contribution in [0.25, 0.3) is 0 Å². The second-order valence-corrected chi connectivity index (χ2v) is 3.80. The van der Waals surface area contributed by atoms with Crippen LogP contribution >= 0.6 is 11.8 Å². The van der Waals surface area contributed by atoms with Crippen molar-refractivity contribution in [3.8, 4) is 0 Å². The number of carbonyl (C=O) groups excluding carboxylic acids is 2. The van der Waals surface area contributed by atoms with Crippen molar-refractivity contribution >= 4 is 35.3 Å². The van der Waals surface area contributed by atoms with Gasteiger partial charge < -0.3 is 0 Å². The van der Waals surface area contributed by atoms with Crippen molar-refractivity contribution in [3.63, 3.8) is 0 Å². The molecule has 0 saturated heterocycles. The molecule has 0 aromatic heterocycles. The van der Waals surface area contributed by atoms with Gasteiger partial charge in [-0.2, -0.15) is 9.98 Å². The summed E-state index contributed by atoms with van der Waals surface area (Å²) in [5.41, 5.74) is 1.05. The Bertz CT molecular complexity index is 447. The van der Waals surface area contributed by atoms with E-state index in [0.29, 0.717) is 11.4 Å². The quantitative estimate of drug-likeness (QED) is 0.445. The fourth-order valence-electron chi connectivity index (χ4n) is 1.04. The normalized spacial score (nSPS) is 8.87. The summed E-state index contributed by atoms with van der Waals surface area (Å²) >= 11 is 1.52. The molecule has 0 atom stereocenters. The van der Waals surface area contributed by atoms with Crippen LogP contribution in [0.1, 0.15) is 6.92 Å². The van der Waals surface area contributed by atoms with Crippen LogP contribution < -0.4 is 0 Å². The summed E-state index contributed by atoms with van der Waals surface area (Å²) in [5, 5.41) is 0. The molecule has 0 fully saturated rings. The Hall–Kier alpha value is -1.67. The highest BCUT2D eigenvalue weighted by molar-refractivity contribution is 7.99. The summed E-state index contributed by atoms with van der Waals surface area (Å²) in [6.07, 6.45) is 2.95. The van der Waals surface area contributed by atoms with E-state index >= 15 is 0 Å². The minimum atomic E-state index is 0.505. The standard InChI is InChI=1S/C10H8N2O2S/c1-2-15-10-5-8(11-6-13)3-4-9(10)12-7-14/h3-5H,2H2,1H3. The Labute approximate surface area is 91.1 Å². The summed E-state index contributed by atoms with van der Waals surface area (Å²) < 4.78 is 0. The van der Waals surface area contributed by atoms with Crippen LogP contribution in [-0.2, 0) is 9.59 Å². The molecule has 0 bridgehead atoms. The van der Waals surface area contributed by atoms with Crippen molar-refractivity contribution in [2.24, 2.45) is 9.98 Å². The first kappa shape index (κ1) is 11.4. The van der Waals surface area contributed by atoms with Gasteiger partial charge in [-0.3, -0.25) is 0 Å². The highest BCUT2D eigenvalue weighted by Crippen LogP contribution is 2.32. The van der Waals surface area contributed by atoms with Crippen molar-refractivity contribution in [2.45, 2.75) is 11.8 Å². The molecule has 0 aliphatic heterocycles. The van der Waals surface area contributed by atoms with Crippen LogP contribution in [0.5, 0.6) is 0 Å². The van der Waals surface area contributed by atoms with E-state index in [9.17, 15) is 9.59 Å². The second-order valence-electron chi connectivity index (χ2n) is 2.49. The van der Waals surface area contributed by atoms with E-state index in [4.69, 9.17) is 0 Å². The molecule has 0 N–H and O–H groups in total. The third-order valence-corrected chi connectivity index (χ3v) is 2.51. The number of hydrogen-bond donors (Lipinski definition) is 0. The van der Waals surface area contributed by atoms with Gasteiger partial charge in [0.15, 0.2) is 0 Å². The molecule has 0 heterocycles. The van der Waals surface area contributed by atoms with Crippen LogP contribution in [-0.4, -0.2) is 17.9 Å². The number of nitrogens with zero attached hydrogens (tertiary/aromatic N) is 2. The zero-order chi connectivity index (χ0) is 11.1. The molecular weight excluding hydrogens is 212 g/mol. The van der Waals surface area contributed by atoms with Gasteiger partial charge in [0.2, 0.25) is 12.2 Å². The minimum absolute atomic E-state index is 0.505. The van der Waals surface area contributed by atoms with Crippen LogP contribution in [0.3, 0.4) is 0 Å². The number of hydrogen-bond acceptors (Lipinski definition) is 5. The number of thioether (sulfide) groups is 1. The Morgan fingerprint density at radius 1 is 1.27 bits per heavy atom. The smallest absolute Gasteiger partial charge is 0.211 e. The zero-order valence-corrected chi connectivity index (χ0v) is 8.87. The predicted octanol–water partition coefficient (Wildman–Crippen LogP) is 2.73. The molecule has 0 aliphatic carbocycles. The maximum atomic E-state index is 10.2. The first-order valence-corrected chi connectivity index (χ1v) is 5.23. The summed E-state index contributed by atoms with van der Waals surface area (Å²) in [5.74, 6) is 0.843. The highest BCUT2D eigenvalue weighted by atomic mass is 32.2. The molecule has 76 valence electrons. The van der Waals surface area contributed by atoms with Gasteiger partial charge in [0.1, 0.15) is 0 Å². The number of rotatable bonds is 4. The number of isocyanates is 2. The van der Waals surface area contributed by atoms with E-state index in [1.54, 1.807) is 18.2 Å². The van der Waals surface area contributed by atoms with Crippen molar-refractivity contribution < 1.29 is 9.59 Å². The van der Waals surface area contributed by atoms with Gasteiger partial charge in [-0.1, -0.05) is 6.92 Å². The average Bonchev–Trinajstić information content (AvgIpc) is 2.23. The molecule has 1 aromatic carbocycles. The third-order valence-electron chi connectivity index (χ3n) is 1.58. The summed E-state index contributed by atoms with van der Waals surface area (Å²) in [6.45, 7) is 1.98. The lowest BCUT2D eigenvalue weighted by molar-refractivity contribution is 0.564. The lowest BCUT2D eigenvalue weighted by Crippen LogP contribution is -1.75. The first-order valence-electron chi connectivity index (χ1n) is 4.24. The molecule has 5 heteroatoms. The lowest BCUT2D eigenvalue weighted by atomic mass is 10.3. The van der Waals surface area contributed by atoms with E-state index in [0.717, 1.165) is 10.6 Å². The van der Waals surface area contributed by atoms with Crippen LogP contribution in [0.4, 0.5) is 11.4 Å². The molecule has 4 nitrogen and oxygen atoms in total. The summed E-state index contributed by atoms with van der Waals surface area (Å²) in [4.78, 5) is 28.1. The van der Waals surface area contributed by atoms with Gasteiger partial charge >= 0.3 is 0 Å². The maximum absolute atomic E-state index is 10.2. The monoisotopic (exact) mass is 220 g/mol. The molecule has 0 radical (unpaired) electrons.